The van der Waals surface area contributed by atoms with E-state index in [0.717, 1.165) is 12.1 Å². The highest BCUT2D eigenvalue weighted by molar-refractivity contribution is 6.48. The predicted octanol–water partition coefficient (Wildman–Crippen LogP) is 6.49. The standard InChI is InChI=1S/C21H15Cl4F3N2O3/c1-32-19(31)11-8-30(9-11)17-3-2-10(4-13(17)22)16-7-20(33-29-16,21(26,27)28)12-5-14(23)18(25)15(24)6-12/h2-6,11H,7-9H2,1H3. The number of hydrogen-bond acceptors (Lipinski definition) is 5. The number of carbonyl (C=O) groups is 1. The summed E-state index contributed by atoms with van der Waals surface area (Å²) in [7, 11) is 1.32. The van der Waals surface area contributed by atoms with E-state index < -0.39 is 18.2 Å². The van der Waals surface area contributed by atoms with Crippen molar-refractivity contribution in [1.82, 2.24) is 0 Å². The number of rotatable bonds is 4. The third-order valence-electron chi connectivity index (χ3n) is 5.67. The van der Waals surface area contributed by atoms with Gasteiger partial charge in [0.25, 0.3) is 5.60 Å². The number of oxime groups is 1. The Morgan fingerprint density at radius 3 is 2.30 bits per heavy atom. The molecule has 2 aromatic carbocycles. The molecule has 1 atom stereocenters. The van der Waals surface area contributed by atoms with Crippen molar-refractivity contribution in [2.24, 2.45) is 11.1 Å². The van der Waals surface area contributed by atoms with E-state index in [1.54, 1.807) is 12.1 Å². The van der Waals surface area contributed by atoms with Crippen LogP contribution in [0.1, 0.15) is 17.5 Å². The van der Waals surface area contributed by atoms with Gasteiger partial charge in [-0.3, -0.25) is 4.79 Å². The van der Waals surface area contributed by atoms with E-state index in [1.165, 1.54) is 13.2 Å². The monoisotopic (exact) mass is 540 g/mol. The first-order valence-electron chi connectivity index (χ1n) is 9.56. The van der Waals surface area contributed by atoms with Crippen molar-refractivity contribution in [1.29, 1.82) is 0 Å². The first-order valence-corrected chi connectivity index (χ1v) is 11.1. The third kappa shape index (κ3) is 4.22. The van der Waals surface area contributed by atoms with Crippen LogP contribution >= 0.6 is 46.4 Å². The van der Waals surface area contributed by atoms with Crippen LogP contribution in [0, 0.1) is 5.92 Å². The van der Waals surface area contributed by atoms with Crippen LogP contribution in [0.2, 0.25) is 20.1 Å². The van der Waals surface area contributed by atoms with Crippen LogP contribution in [0.25, 0.3) is 0 Å². The summed E-state index contributed by atoms with van der Waals surface area (Å²) in [6.45, 7) is 0.871. The van der Waals surface area contributed by atoms with Crippen LogP contribution in [0.15, 0.2) is 35.5 Å². The molecule has 1 saturated heterocycles. The van der Waals surface area contributed by atoms with Crippen molar-refractivity contribution >= 4 is 63.8 Å². The van der Waals surface area contributed by atoms with E-state index in [4.69, 9.17) is 56.0 Å². The number of ether oxygens (including phenoxy) is 1. The lowest BCUT2D eigenvalue weighted by molar-refractivity contribution is -0.275. The number of carbonyl (C=O) groups excluding carboxylic acids is 1. The molecule has 4 rings (SSSR count). The average molecular weight is 542 g/mol. The van der Waals surface area contributed by atoms with E-state index >= 15 is 0 Å². The zero-order valence-corrected chi connectivity index (χ0v) is 19.9. The molecule has 2 aromatic rings. The number of benzene rings is 2. The van der Waals surface area contributed by atoms with Crippen LogP contribution in [-0.4, -0.2) is 38.1 Å². The Hall–Kier alpha value is -1.87. The largest absolute Gasteiger partial charge is 0.469 e. The van der Waals surface area contributed by atoms with Crippen molar-refractivity contribution in [2.45, 2.75) is 18.2 Å². The molecule has 0 saturated carbocycles. The molecule has 0 N–H and O–H groups in total. The molecule has 1 unspecified atom stereocenters. The lowest BCUT2D eigenvalue weighted by Crippen LogP contribution is -2.51. The van der Waals surface area contributed by atoms with Gasteiger partial charge in [0.1, 0.15) is 0 Å². The minimum atomic E-state index is -4.83. The third-order valence-corrected chi connectivity index (χ3v) is 7.17. The van der Waals surface area contributed by atoms with E-state index in [1.807, 2.05) is 4.90 Å². The maximum Gasteiger partial charge on any atom is 0.435 e. The fraction of sp³-hybridized carbons (Fsp3) is 0.333. The molecule has 0 amide bonds. The Morgan fingerprint density at radius 2 is 1.76 bits per heavy atom. The lowest BCUT2D eigenvalue weighted by Gasteiger charge is -2.39. The minimum absolute atomic E-state index is 0.0543. The quantitative estimate of drug-likeness (QED) is 0.328. The highest BCUT2D eigenvalue weighted by Crippen LogP contribution is 2.50. The molecule has 2 heterocycles. The van der Waals surface area contributed by atoms with E-state index in [-0.39, 0.29) is 38.2 Å². The van der Waals surface area contributed by atoms with Gasteiger partial charge in [-0.15, -0.1) is 0 Å². The summed E-state index contributed by atoms with van der Waals surface area (Å²) in [5.41, 5.74) is -2.02. The Bertz CT molecular complexity index is 1130. The summed E-state index contributed by atoms with van der Waals surface area (Å²) >= 11 is 24.2. The average Bonchev–Trinajstić information content (AvgIpc) is 3.18. The molecule has 2 aliphatic rings. The van der Waals surface area contributed by atoms with Gasteiger partial charge >= 0.3 is 12.1 Å². The number of hydrogen-bond donors (Lipinski definition) is 0. The van der Waals surface area contributed by atoms with Crippen LogP contribution in [-0.2, 0) is 20.0 Å². The van der Waals surface area contributed by atoms with Gasteiger partial charge in [0.2, 0.25) is 0 Å². The van der Waals surface area contributed by atoms with Crippen molar-refractivity contribution in [3.8, 4) is 0 Å². The lowest BCUT2D eigenvalue weighted by atomic mass is 9.86. The molecule has 1 fully saturated rings. The molecule has 2 aliphatic heterocycles. The second-order valence-corrected chi connectivity index (χ2v) is 9.28. The van der Waals surface area contributed by atoms with E-state index in [0.29, 0.717) is 29.4 Å². The normalized spacial score (nSPS) is 20.8. The van der Waals surface area contributed by atoms with E-state index in [9.17, 15) is 18.0 Å². The summed E-state index contributed by atoms with van der Waals surface area (Å²) in [5, 5.41) is 3.71. The molecular formula is C21H15Cl4F3N2O3. The molecule has 0 radical (unpaired) electrons. The molecule has 0 bridgehead atoms. The minimum Gasteiger partial charge on any atom is -0.469 e. The number of anilines is 1. The SMILES string of the molecule is COC(=O)C1CN(c2ccc(C3=NOC(c4cc(Cl)c(Cl)c(Cl)c4)(C(F)(F)F)C3)cc2Cl)C1. The van der Waals surface area contributed by atoms with Crippen molar-refractivity contribution in [3.63, 3.8) is 0 Å². The van der Waals surface area contributed by atoms with E-state index in [2.05, 4.69) is 5.16 Å². The zero-order chi connectivity index (χ0) is 24.1. The zero-order valence-electron chi connectivity index (χ0n) is 16.9. The van der Waals surface area contributed by atoms with Gasteiger partial charge in [-0.25, -0.2) is 0 Å². The van der Waals surface area contributed by atoms with Gasteiger partial charge < -0.3 is 14.5 Å². The topological polar surface area (TPSA) is 51.1 Å². The van der Waals surface area contributed by atoms with Gasteiger partial charge in [-0.1, -0.05) is 57.6 Å². The highest BCUT2D eigenvalue weighted by Gasteiger charge is 2.62. The second kappa shape index (κ2) is 8.73. The number of esters is 1. The molecule has 0 spiro atoms. The van der Waals surface area contributed by atoms with Crippen molar-refractivity contribution < 1.29 is 27.5 Å². The fourth-order valence-electron chi connectivity index (χ4n) is 3.78. The fourth-order valence-corrected chi connectivity index (χ4v) is 4.68. The maximum atomic E-state index is 14.2. The summed E-state index contributed by atoms with van der Waals surface area (Å²) in [6, 6.07) is 6.91. The number of nitrogens with zero attached hydrogens (tertiary/aromatic N) is 2. The highest BCUT2D eigenvalue weighted by atomic mass is 35.5. The molecule has 33 heavy (non-hydrogen) atoms. The second-order valence-electron chi connectivity index (χ2n) is 7.68. The molecule has 12 heteroatoms. The summed E-state index contributed by atoms with van der Waals surface area (Å²) < 4.78 is 47.3. The first-order chi connectivity index (χ1) is 15.5. The summed E-state index contributed by atoms with van der Waals surface area (Å²) in [6.07, 6.45) is -5.45. The number of halogens is 7. The number of methoxy groups -OCH3 is 1. The summed E-state index contributed by atoms with van der Waals surface area (Å²) in [5.74, 6) is -0.550. The first kappa shape index (κ1) is 24.3. The maximum absolute atomic E-state index is 14.2. The molecule has 0 aliphatic carbocycles. The van der Waals surface area contributed by atoms with Gasteiger partial charge in [0.05, 0.1) is 44.5 Å². The Balaban J connectivity index is 1.59. The molecule has 0 aromatic heterocycles. The smallest absolute Gasteiger partial charge is 0.435 e. The Morgan fingerprint density at radius 1 is 1.12 bits per heavy atom. The number of alkyl halides is 3. The molecule has 176 valence electrons. The molecular weight excluding hydrogens is 527 g/mol. The van der Waals surface area contributed by atoms with Crippen LogP contribution in [0.4, 0.5) is 18.9 Å². The van der Waals surface area contributed by atoms with Gasteiger partial charge in [0.15, 0.2) is 0 Å². The summed E-state index contributed by atoms with van der Waals surface area (Å²) in [4.78, 5) is 18.5. The van der Waals surface area contributed by atoms with Gasteiger partial charge in [0, 0.05) is 30.6 Å². The van der Waals surface area contributed by atoms with Crippen molar-refractivity contribution in [3.05, 3.63) is 61.5 Å². The molecule has 5 nitrogen and oxygen atoms in total. The predicted molar refractivity (Wildman–Crippen MR) is 121 cm³/mol. The van der Waals surface area contributed by atoms with Crippen LogP contribution in [0.3, 0.4) is 0 Å². The van der Waals surface area contributed by atoms with Crippen LogP contribution < -0.4 is 4.90 Å². The van der Waals surface area contributed by atoms with Crippen LogP contribution in [0.5, 0.6) is 0 Å². The van der Waals surface area contributed by atoms with Gasteiger partial charge in [-0.2, -0.15) is 13.2 Å². The Labute approximate surface area is 206 Å². The van der Waals surface area contributed by atoms with Crippen molar-refractivity contribution in [2.75, 3.05) is 25.1 Å². The Kier molecular flexibility index (Phi) is 6.41. The van der Waals surface area contributed by atoms with Gasteiger partial charge in [-0.05, 0) is 24.3 Å².